The van der Waals surface area contributed by atoms with E-state index >= 15 is 0 Å². The summed E-state index contributed by atoms with van der Waals surface area (Å²) in [5.41, 5.74) is 20.6. The Kier molecular flexibility index (Phi) is 8.20. The minimum absolute atomic E-state index is 0.0997. The highest BCUT2D eigenvalue weighted by Gasteiger charge is 2.36. The van der Waals surface area contributed by atoms with Crippen LogP contribution < -0.4 is 5.32 Å². The molecule has 0 spiro atoms. The van der Waals surface area contributed by atoms with Crippen LogP contribution >= 0.6 is 0 Å². The molecule has 0 saturated heterocycles. The Hall–Kier alpha value is -7.42. The standard InChI is InChI=1S/C57H42N2/c1-57(2)52-24-13-12-23-47(52)49-37-56-51(36-53(49)57)50-35-44(28-32-55(50)59(56)46-29-25-40(26-30-46)38-15-6-3-7-16-38)43-27-31-54(48(34-43)41-19-10-5-11-20-41)58-45-22-14-21-42(33-45)39-17-8-4-9-18-39/h3-37,58H,1-2H3. The molecule has 0 atom stereocenters. The van der Waals surface area contributed by atoms with E-state index in [1.807, 2.05) is 0 Å². The normalized spacial score (nSPS) is 12.7. The van der Waals surface area contributed by atoms with Crippen molar-refractivity contribution in [3.05, 3.63) is 223 Å². The van der Waals surface area contributed by atoms with E-state index in [9.17, 15) is 0 Å². The molecule has 0 radical (unpaired) electrons. The third-order valence-electron chi connectivity index (χ3n) is 12.4. The summed E-state index contributed by atoms with van der Waals surface area (Å²) in [7, 11) is 0. The van der Waals surface area contributed by atoms with Gasteiger partial charge in [-0.2, -0.15) is 0 Å². The molecule has 1 heterocycles. The molecule has 1 aromatic heterocycles. The van der Waals surface area contributed by atoms with Crippen molar-refractivity contribution in [1.29, 1.82) is 0 Å². The van der Waals surface area contributed by atoms with Crippen molar-refractivity contribution in [2.45, 2.75) is 19.3 Å². The van der Waals surface area contributed by atoms with Gasteiger partial charge in [-0.05, 0) is 122 Å². The maximum atomic E-state index is 3.79. The fraction of sp³-hybridized carbons (Fsp3) is 0.0526. The third kappa shape index (κ3) is 5.96. The lowest BCUT2D eigenvalue weighted by molar-refractivity contribution is 0.661. The van der Waals surface area contributed by atoms with Gasteiger partial charge < -0.3 is 9.88 Å². The number of nitrogens with zero attached hydrogens (tertiary/aromatic N) is 1. The second-order valence-electron chi connectivity index (χ2n) is 16.3. The van der Waals surface area contributed by atoms with Crippen LogP contribution in [-0.2, 0) is 5.41 Å². The molecule has 0 saturated carbocycles. The first-order chi connectivity index (χ1) is 29.0. The van der Waals surface area contributed by atoms with Gasteiger partial charge in [-0.25, -0.2) is 0 Å². The van der Waals surface area contributed by atoms with Gasteiger partial charge in [0.15, 0.2) is 0 Å². The summed E-state index contributed by atoms with van der Waals surface area (Å²) >= 11 is 0. The molecule has 59 heavy (non-hydrogen) atoms. The van der Waals surface area contributed by atoms with Crippen LogP contribution in [0.15, 0.2) is 212 Å². The summed E-state index contributed by atoms with van der Waals surface area (Å²) in [5.74, 6) is 0. The van der Waals surface area contributed by atoms with Crippen LogP contribution in [0.3, 0.4) is 0 Å². The molecule has 2 nitrogen and oxygen atoms in total. The highest BCUT2D eigenvalue weighted by molar-refractivity contribution is 6.12. The van der Waals surface area contributed by atoms with Crippen molar-refractivity contribution in [2.75, 3.05) is 5.32 Å². The van der Waals surface area contributed by atoms with Gasteiger partial charge in [0, 0.05) is 38.8 Å². The van der Waals surface area contributed by atoms with Gasteiger partial charge in [-0.15, -0.1) is 0 Å². The Labute approximate surface area is 345 Å². The molecule has 10 aromatic rings. The maximum Gasteiger partial charge on any atom is 0.0547 e. The van der Waals surface area contributed by atoms with Gasteiger partial charge in [0.2, 0.25) is 0 Å². The summed E-state index contributed by atoms with van der Waals surface area (Å²) in [6.45, 7) is 4.74. The Morgan fingerprint density at radius 2 is 0.915 bits per heavy atom. The molecular formula is C57H42N2. The fourth-order valence-corrected chi connectivity index (χ4v) is 9.36. The van der Waals surface area contributed by atoms with Crippen molar-refractivity contribution < 1.29 is 0 Å². The second-order valence-corrected chi connectivity index (χ2v) is 16.3. The first-order valence-corrected chi connectivity index (χ1v) is 20.5. The fourth-order valence-electron chi connectivity index (χ4n) is 9.36. The Balaban J connectivity index is 1.06. The smallest absolute Gasteiger partial charge is 0.0547 e. The number of rotatable bonds is 7. The molecule has 1 N–H and O–H groups in total. The lowest BCUT2D eigenvalue weighted by Crippen LogP contribution is -2.14. The highest BCUT2D eigenvalue weighted by Crippen LogP contribution is 2.51. The average Bonchev–Trinajstić information content (AvgIpc) is 3.73. The molecule has 1 aliphatic carbocycles. The molecule has 0 amide bonds. The number of hydrogen-bond acceptors (Lipinski definition) is 1. The van der Waals surface area contributed by atoms with Crippen LogP contribution in [-0.4, -0.2) is 4.57 Å². The monoisotopic (exact) mass is 754 g/mol. The van der Waals surface area contributed by atoms with Gasteiger partial charge >= 0.3 is 0 Å². The summed E-state index contributed by atoms with van der Waals surface area (Å²) in [6, 6.07) is 77.4. The number of aromatic nitrogens is 1. The van der Waals surface area contributed by atoms with Crippen molar-refractivity contribution in [3.63, 3.8) is 0 Å². The van der Waals surface area contributed by atoms with Crippen LogP contribution in [0.1, 0.15) is 25.0 Å². The minimum Gasteiger partial charge on any atom is -0.355 e. The Bertz CT molecular complexity index is 3170. The Morgan fingerprint density at radius 1 is 0.356 bits per heavy atom. The highest BCUT2D eigenvalue weighted by atomic mass is 15.0. The van der Waals surface area contributed by atoms with E-state index in [1.165, 1.54) is 83.0 Å². The van der Waals surface area contributed by atoms with Crippen LogP contribution in [0.5, 0.6) is 0 Å². The summed E-state index contributed by atoms with van der Waals surface area (Å²) in [4.78, 5) is 0. The van der Waals surface area contributed by atoms with Gasteiger partial charge in [0.25, 0.3) is 0 Å². The molecule has 280 valence electrons. The lowest BCUT2D eigenvalue weighted by Gasteiger charge is -2.21. The van der Waals surface area contributed by atoms with Crippen molar-refractivity contribution >= 4 is 33.2 Å². The van der Waals surface area contributed by atoms with Gasteiger partial charge in [-0.3, -0.25) is 0 Å². The zero-order chi connectivity index (χ0) is 39.5. The number of hydrogen-bond donors (Lipinski definition) is 1. The first-order valence-electron chi connectivity index (χ1n) is 20.5. The minimum atomic E-state index is -0.0997. The summed E-state index contributed by atoms with van der Waals surface area (Å²) in [5, 5.41) is 6.31. The summed E-state index contributed by atoms with van der Waals surface area (Å²) < 4.78 is 2.46. The number of benzene rings is 9. The van der Waals surface area contributed by atoms with Gasteiger partial charge in [-0.1, -0.05) is 166 Å². The SMILES string of the molecule is CC1(C)c2ccccc2-c2cc3c(cc21)c1cc(-c2ccc(Nc4cccc(-c5ccccc5)c4)c(-c4ccccc4)c2)ccc1n3-c1ccc(-c2ccccc2)cc1. The van der Waals surface area contributed by atoms with E-state index in [1.54, 1.807) is 0 Å². The van der Waals surface area contributed by atoms with E-state index in [2.05, 4.69) is 236 Å². The molecule has 11 rings (SSSR count). The van der Waals surface area contributed by atoms with E-state index < -0.39 is 0 Å². The van der Waals surface area contributed by atoms with Gasteiger partial charge in [0.05, 0.1) is 11.0 Å². The molecule has 1 aliphatic rings. The molecular weight excluding hydrogens is 713 g/mol. The number of fused-ring (bicyclic) bond motifs is 6. The lowest BCUT2D eigenvalue weighted by atomic mass is 9.82. The topological polar surface area (TPSA) is 17.0 Å². The van der Waals surface area contributed by atoms with Crippen molar-refractivity contribution in [1.82, 2.24) is 4.57 Å². The van der Waals surface area contributed by atoms with E-state index in [4.69, 9.17) is 0 Å². The van der Waals surface area contributed by atoms with Gasteiger partial charge in [0.1, 0.15) is 0 Å². The van der Waals surface area contributed by atoms with Crippen LogP contribution in [0.4, 0.5) is 11.4 Å². The van der Waals surface area contributed by atoms with E-state index in [0.29, 0.717) is 0 Å². The van der Waals surface area contributed by atoms with Crippen LogP contribution in [0.2, 0.25) is 0 Å². The van der Waals surface area contributed by atoms with Crippen LogP contribution in [0, 0.1) is 0 Å². The quantitative estimate of drug-likeness (QED) is 0.171. The summed E-state index contributed by atoms with van der Waals surface area (Å²) in [6.07, 6.45) is 0. The van der Waals surface area contributed by atoms with E-state index in [0.717, 1.165) is 22.6 Å². The molecule has 0 unspecified atom stereocenters. The predicted octanol–water partition coefficient (Wildman–Crippen LogP) is 15.5. The largest absolute Gasteiger partial charge is 0.355 e. The number of nitrogens with one attached hydrogen (secondary N) is 1. The third-order valence-corrected chi connectivity index (χ3v) is 12.4. The van der Waals surface area contributed by atoms with Crippen LogP contribution in [0.25, 0.3) is 83.1 Å². The number of anilines is 2. The molecule has 0 aliphatic heterocycles. The average molecular weight is 755 g/mol. The predicted molar refractivity (Wildman–Crippen MR) is 250 cm³/mol. The molecule has 0 bridgehead atoms. The van der Waals surface area contributed by atoms with Crippen molar-refractivity contribution in [3.8, 4) is 61.3 Å². The maximum absolute atomic E-state index is 3.79. The zero-order valence-corrected chi connectivity index (χ0v) is 33.2. The second kappa shape index (κ2) is 13.9. The molecule has 9 aromatic carbocycles. The molecule has 0 fully saturated rings. The zero-order valence-electron chi connectivity index (χ0n) is 33.2. The first kappa shape index (κ1) is 34.8. The van der Waals surface area contributed by atoms with E-state index in [-0.39, 0.29) is 5.41 Å². The van der Waals surface area contributed by atoms with Crippen molar-refractivity contribution in [2.24, 2.45) is 0 Å². The molecule has 2 heteroatoms. The Morgan fingerprint density at radius 3 is 1.66 bits per heavy atom.